The van der Waals surface area contributed by atoms with Crippen LogP contribution in [-0.4, -0.2) is 26.3 Å². The van der Waals surface area contributed by atoms with Gasteiger partial charge in [-0.25, -0.2) is 0 Å². The minimum absolute atomic E-state index is 0.560. The molecule has 0 aliphatic heterocycles. The largest absolute Gasteiger partial charge is 0.385 e. The zero-order valence-electron chi connectivity index (χ0n) is 10.2. The van der Waals surface area contributed by atoms with Crippen molar-refractivity contribution < 1.29 is 4.74 Å². The standard InChI is InChI=1S/C13H25NO/c1-3-10-14-13(9-11-15-2)12-7-5-4-6-8-12/h7,13-14H,3-6,8-11H2,1-2H3. The third-order valence-electron chi connectivity index (χ3n) is 3.03. The van der Waals surface area contributed by atoms with Gasteiger partial charge in [-0.2, -0.15) is 0 Å². The minimum Gasteiger partial charge on any atom is -0.385 e. The second-order valence-corrected chi connectivity index (χ2v) is 4.31. The molecule has 1 unspecified atom stereocenters. The maximum atomic E-state index is 5.18. The average Bonchev–Trinajstić information content (AvgIpc) is 2.30. The number of rotatable bonds is 7. The number of nitrogens with one attached hydrogen (secondary N) is 1. The summed E-state index contributed by atoms with van der Waals surface area (Å²) in [6.07, 6.45) is 10.0. The van der Waals surface area contributed by atoms with Gasteiger partial charge in [-0.15, -0.1) is 0 Å². The van der Waals surface area contributed by atoms with Crippen LogP contribution in [0.1, 0.15) is 45.4 Å². The van der Waals surface area contributed by atoms with Crippen molar-refractivity contribution in [1.82, 2.24) is 5.32 Å². The van der Waals surface area contributed by atoms with E-state index in [2.05, 4.69) is 18.3 Å². The van der Waals surface area contributed by atoms with E-state index in [1.54, 1.807) is 12.7 Å². The molecule has 88 valence electrons. The molecule has 1 atom stereocenters. The van der Waals surface area contributed by atoms with Crippen molar-refractivity contribution >= 4 is 0 Å². The molecule has 0 aromatic heterocycles. The van der Waals surface area contributed by atoms with Crippen LogP contribution in [0.5, 0.6) is 0 Å². The molecule has 1 N–H and O–H groups in total. The van der Waals surface area contributed by atoms with Gasteiger partial charge < -0.3 is 10.1 Å². The molecule has 0 amide bonds. The Labute approximate surface area is 94.1 Å². The van der Waals surface area contributed by atoms with E-state index in [-0.39, 0.29) is 0 Å². The van der Waals surface area contributed by atoms with Gasteiger partial charge in [0.25, 0.3) is 0 Å². The van der Waals surface area contributed by atoms with E-state index in [4.69, 9.17) is 4.74 Å². The number of hydrogen-bond acceptors (Lipinski definition) is 2. The quantitative estimate of drug-likeness (QED) is 0.654. The maximum Gasteiger partial charge on any atom is 0.0480 e. The van der Waals surface area contributed by atoms with Gasteiger partial charge in [0.15, 0.2) is 0 Å². The van der Waals surface area contributed by atoms with E-state index < -0.39 is 0 Å². The van der Waals surface area contributed by atoms with Crippen LogP contribution in [-0.2, 0) is 4.74 Å². The van der Waals surface area contributed by atoms with E-state index >= 15 is 0 Å². The van der Waals surface area contributed by atoms with Crippen molar-refractivity contribution in [1.29, 1.82) is 0 Å². The average molecular weight is 211 g/mol. The molecule has 2 nitrogen and oxygen atoms in total. The van der Waals surface area contributed by atoms with E-state index in [1.807, 2.05) is 0 Å². The highest BCUT2D eigenvalue weighted by Gasteiger charge is 2.14. The Morgan fingerprint density at radius 2 is 2.33 bits per heavy atom. The highest BCUT2D eigenvalue weighted by molar-refractivity contribution is 5.13. The fraction of sp³-hybridized carbons (Fsp3) is 0.846. The SMILES string of the molecule is CCCNC(CCOC)C1=CCCCC1. The lowest BCUT2D eigenvalue weighted by Crippen LogP contribution is -2.33. The molecule has 0 heterocycles. The first-order valence-electron chi connectivity index (χ1n) is 6.29. The second kappa shape index (κ2) is 7.89. The molecule has 0 radical (unpaired) electrons. The van der Waals surface area contributed by atoms with Crippen molar-refractivity contribution in [3.63, 3.8) is 0 Å². The lowest BCUT2D eigenvalue weighted by molar-refractivity contribution is 0.186. The molecule has 0 saturated heterocycles. The summed E-state index contributed by atoms with van der Waals surface area (Å²) in [5.74, 6) is 0. The van der Waals surface area contributed by atoms with Crippen LogP contribution in [0.2, 0.25) is 0 Å². The van der Waals surface area contributed by atoms with E-state index in [0.717, 1.165) is 19.6 Å². The van der Waals surface area contributed by atoms with Crippen molar-refractivity contribution in [3.05, 3.63) is 11.6 Å². The topological polar surface area (TPSA) is 21.3 Å². The normalized spacial score (nSPS) is 18.7. The maximum absolute atomic E-state index is 5.18. The van der Waals surface area contributed by atoms with Crippen molar-refractivity contribution in [2.45, 2.75) is 51.5 Å². The summed E-state index contributed by atoms with van der Waals surface area (Å²) >= 11 is 0. The molecule has 0 bridgehead atoms. The molecule has 0 aromatic carbocycles. The van der Waals surface area contributed by atoms with Gasteiger partial charge in [0, 0.05) is 19.8 Å². The van der Waals surface area contributed by atoms with Gasteiger partial charge in [0.05, 0.1) is 0 Å². The number of methoxy groups -OCH3 is 1. The van der Waals surface area contributed by atoms with Gasteiger partial charge in [-0.1, -0.05) is 18.6 Å². The van der Waals surface area contributed by atoms with Crippen LogP contribution >= 0.6 is 0 Å². The van der Waals surface area contributed by atoms with Crippen LogP contribution < -0.4 is 5.32 Å². The predicted octanol–water partition coefficient (Wildman–Crippen LogP) is 2.89. The summed E-state index contributed by atoms with van der Waals surface area (Å²) in [6.45, 7) is 4.19. The molecular weight excluding hydrogens is 186 g/mol. The van der Waals surface area contributed by atoms with Crippen molar-refractivity contribution in [2.75, 3.05) is 20.3 Å². The summed E-state index contributed by atoms with van der Waals surface area (Å²) in [6, 6.07) is 0.560. The van der Waals surface area contributed by atoms with Crippen molar-refractivity contribution in [2.24, 2.45) is 0 Å². The Hall–Kier alpha value is -0.340. The fourth-order valence-corrected chi connectivity index (χ4v) is 2.15. The zero-order valence-corrected chi connectivity index (χ0v) is 10.2. The molecule has 15 heavy (non-hydrogen) atoms. The summed E-state index contributed by atoms with van der Waals surface area (Å²) in [5, 5.41) is 3.63. The van der Waals surface area contributed by atoms with Crippen LogP contribution in [0.15, 0.2) is 11.6 Å². The molecule has 2 heteroatoms. The Morgan fingerprint density at radius 1 is 1.47 bits per heavy atom. The van der Waals surface area contributed by atoms with Crippen molar-refractivity contribution in [3.8, 4) is 0 Å². The number of allylic oxidation sites excluding steroid dienone is 1. The Morgan fingerprint density at radius 3 is 2.93 bits per heavy atom. The monoisotopic (exact) mass is 211 g/mol. The highest BCUT2D eigenvalue weighted by Crippen LogP contribution is 2.21. The van der Waals surface area contributed by atoms with Gasteiger partial charge >= 0.3 is 0 Å². The smallest absolute Gasteiger partial charge is 0.0480 e. The number of ether oxygens (including phenoxy) is 1. The van der Waals surface area contributed by atoms with Gasteiger partial charge in [-0.05, 0) is 45.1 Å². The summed E-state index contributed by atoms with van der Waals surface area (Å²) in [5.41, 5.74) is 1.62. The summed E-state index contributed by atoms with van der Waals surface area (Å²) in [4.78, 5) is 0. The molecule has 1 rings (SSSR count). The van der Waals surface area contributed by atoms with Crippen LogP contribution in [0.25, 0.3) is 0 Å². The first kappa shape index (κ1) is 12.7. The molecule has 0 saturated carbocycles. The molecule has 1 aliphatic rings. The molecule has 1 aliphatic carbocycles. The molecule has 0 fully saturated rings. The lowest BCUT2D eigenvalue weighted by Gasteiger charge is -2.24. The molecule has 0 aromatic rings. The second-order valence-electron chi connectivity index (χ2n) is 4.31. The third kappa shape index (κ3) is 4.80. The Kier molecular flexibility index (Phi) is 6.69. The first-order valence-corrected chi connectivity index (χ1v) is 6.29. The Balaban J connectivity index is 2.41. The van der Waals surface area contributed by atoms with Gasteiger partial charge in [0.2, 0.25) is 0 Å². The van der Waals surface area contributed by atoms with E-state index in [1.165, 1.54) is 32.1 Å². The number of hydrogen-bond donors (Lipinski definition) is 1. The molecular formula is C13H25NO. The predicted molar refractivity (Wildman–Crippen MR) is 65.1 cm³/mol. The highest BCUT2D eigenvalue weighted by atomic mass is 16.5. The van der Waals surface area contributed by atoms with Gasteiger partial charge in [0.1, 0.15) is 0 Å². The summed E-state index contributed by atoms with van der Waals surface area (Å²) < 4.78 is 5.18. The van der Waals surface area contributed by atoms with Crippen LogP contribution in [0, 0.1) is 0 Å². The van der Waals surface area contributed by atoms with Crippen LogP contribution in [0.4, 0.5) is 0 Å². The van der Waals surface area contributed by atoms with E-state index in [9.17, 15) is 0 Å². The third-order valence-corrected chi connectivity index (χ3v) is 3.03. The summed E-state index contributed by atoms with van der Waals surface area (Å²) in [7, 11) is 1.78. The molecule has 0 spiro atoms. The first-order chi connectivity index (χ1) is 7.38. The van der Waals surface area contributed by atoms with Crippen LogP contribution in [0.3, 0.4) is 0 Å². The fourth-order valence-electron chi connectivity index (χ4n) is 2.15. The van der Waals surface area contributed by atoms with E-state index in [0.29, 0.717) is 6.04 Å². The van der Waals surface area contributed by atoms with Gasteiger partial charge in [-0.3, -0.25) is 0 Å². The lowest BCUT2D eigenvalue weighted by atomic mass is 9.92. The minimum atomic E-state index is 0.560. The Bertz CT molecular complexity index is 181. The zero-order chi connectivity index (χ0) is 10.9.